The van der Waals surface area contributed by atoms with Crippen LogP contribution >= 0.6 is 15.9 Å². The molecule has 1 N–H and O–H groups in total. The molecule has 0 aliphatic rings. The third-order valence-electron chi connectivity index (χ3n) is 3.05. The van der Waals surface area contributed by atoms with Crippen LogP contribution in [-0.4, -0.2) is 6.54 Å². The number of rotatable bonds is 5. The van der Waals surface area contributed by atoms with Crippen LogP contribution in [0.3, 0.4) is 0 Å². The highest BCUT2D eigenvalue weighted by atomic mass is 79.9. The molecule has 1 unspecified atom stereocenters. The van der Waals surface area contributed by atoms with Gasteiger partial charge in [0.2, 0.25) is 0 Å². The summed E-state index contributed by atoms with van der Waals surface area (Å²) in [4.78, 5) is 0. The van der Waals surface area contributed by atoms with Crippen molar-refractivity contribution >= 4 is 15.9 Å². The summed E-state index contributed by atoms with van der Waals surface area (Å²) >= 11 is 3.24. The van der Waals surface area contributed by atoms with Crippen molar-refractivity contribution in [2.75, 3.05) is 6.54 Å². The molecule has 0 aliphatic carbocycles. The number of benzene rings is 1. The number of hydrogen-bond acceptors (Lipinski definition) is 2. The van der Waals surface area contributed by atoms with Crippen LogP contribution in [0.25, 0.3) is 0 Å². The molecule has 0 amide bonds. The average Bonchev–Trinajstić information content (AvgIpc) is 2.85. The summed E-state index contributed by atoms with van der Waals surface area (Å²) in [6.07, 6.45) is -3.41. The van der Waals surface area contributed by atoms with Crippen molar-refractivity contribution in [1.82, 2.24) is 5.32 Å². The molecule has 1 atom stereocenters. The summed E-state index contributed by atoms with van der Waals surface area (Å²) in [7, 11) is 0. The van der Waals surface area contributed by atoms with Crippen molar-refractivity contribution in [2.24, 2.45) is 0 Å². The van der Waals surface area contributed by atoms with Crippen LogP contribution in [0.15, 0.2) is 45.5 Å². The second-order valence-electron chi connectivity index (χ2n) is 4.65. The number of hydrogen-bond donors (Lipinski definition) is 1. The van der Waals surface area contributed by atoms with E-state index in [0.29, 0.717) is 10.4 Å². The Morgan fingerprint density at radius 3 is 2.29 bits per heavy atom. The van der Waals surface area contributed by atoms with Crippen molar-refractivity contribution in [2.45, 2.75) is 25.6 Å². The molecule has 0 spiro atoms. The summed E-state index contributed by atoms with van der Waals surface area (Å²) in [5, 5.41) is 3.28. The minimum atomic E-state index is -4.32. The highest BCUT2D eigenvalue weighted by Gasteiger charge is 2.30. The van der Waals surface area contributed by atoms with Gasteiger partial charge in [-0.3, -0.25) is 0 Å². The lowest BCUT2D eigenvalue weighted by molar-refractivity contribution is -0.137. The summed E-state index contributed by atoms with van der Waals surface area (Å²) in [5.74, 6) is 0.662. The molecule has 2 rings (SSSR count). The van der Waals surface area contributed by atoms with E-state index in [-0.39, 0.29) is 6.04 Å². The third-order valence-corrected chi connectivity index (χ3v) is 3.47. The predicted molar refractivity (Wildman–Crippen MR) is 78.0 cm³/mol. The molecule has 2 aromatic rings. The summed E-state index contributed by atoms with van der Waals surface area (Å²) in [6.45, 7) is 2.76. The summed E-state index contributed by atoms with van der Waals surface area (Å²) in [6, 6.07) is 8.44. The number of alkyl halides is 3. The molecule has 0 saturated heterocycles. The van der Waals surface area contributed by atoms with Gasteiger partial charge < -0.3 is 9.73 Å². The van der Waals surface area contributed by atoms with Crippen LogP contribution in [-0.2, 0) is 6.18 Å². The zero-order chi connectivity index (χ0) is 15.5. The predicted octanol–water partition coefficient (Wildman–Crippen LogP) is 5.15. The normalized spacial score (nSPS) is 13.4. The van der Waals surface area contributed by atoms with Gasteiger partial charge in [0.15, 0.2) is 4.67 Å². The smallest absolute Gasteiger partial charge is 0.416 e. The molecule has 0 fully saturated rings. The largest absolute Gasteiger partial charge is 0.452 e. The molecule has 114 valence electrons. The van der Waals surface area contributed by atoms with Crippen LogP contribution < -0.4 is 5.32 Å². The fourth-order valence-electron chi connectivity index (χ4n) is 2.02. The van der Waals surface area contributed by atoms with Crippen molar-refractivity contribution in [1.29, 1.82) is 0 Å². The van der Waals surface area contributed by atoms with Gasteiger partial charge in [-0.15, -0.1) is 0 Å². The Morgan fingerprint density at radius 2 is 1.81 bits per heavy atom. The molecule has 1 aromatic heterocycles. The molecule has 6 heteroatoms. The molecular weight excluding hydrogens is 347 g/mol. The lowest BCUT2D eigenvalue weighted by Gasteiger charge is -2.17. The Hall–Kier alpha value is -1.27. The molecule has 0 bridgehead atoms. The van der Waals surface area contributed by atoms with Crippen molar-refractivity contribution in [3.8, 4) is 0 Å². The second kappa shape index (κ2) is 6.66. The van der Waals surface area contributed by atoms with Gasteiger partial charge in [0.05, 0.1) is 11.6 Å². The first-order valence-corrected chi connectivity index (χ1v) is 7.37. The Morgan fingerprint density at radius 1 is 1.14 bits per heavy atom. The highest BCUT2D eigenvalue weighted by molar-refractivity contribution is 9.10. The van der Waals surface area contributed by atoms with E-state index < -0.39 is 11.7 Å². The fourth-order valence-corrected chi connectivity index (χ4v) is 2.34. The molecule has 0 saturated carbocycles. The van der Waals surface area contributed by atoms with Crippen LogP contribution in [0.1, 0.15) is 36.3 Å². The standard InChI is InChI=1S/C15H15BrF3NO/c1-2-9-20-14(12-7-8-13(16)21-12)10-3-5-11(6-4-10)15(17,18)19/h3-8,14,20H,2,9H2,1H3. The van der Waals surface area contributed by atoms with Crippen LogP contribution in [0.5, 0.6) is 0 Å². The molecule has 0 radical (unpaired) electrons. The van der Waals surface area contributed by atoms with Crippen molar-refractivity contribution in [3.63, 3.8) is 0 Å². The topological polar surface area (TPSA) is 25.2 Å². The molecular formula is C15H15BrF3NO. The minimum absolute atomic E-state index is 0.265. The van der Waals surface area contributed by atoms with E-state index in [0.717, 1.165) is 30.7 Å². The van der Waals surface area contributed by atoms with Crippen molar-refractivity contribution in [3.05, 3.63) is 58.0 Å². The summed E-state index contributed by atoms with van der Waals surface area (Å²) in [5.41, 5.74) is 0.0828. The van der Waals surface area contributed by atoms with E-state index in [9.17, 15) is 13.2 Å². The van der Waals surface area contributed by atoms with Gasteiger partial charge in [-0.05, 0) is 58.7 Å². The van der Waals surface area contributed by atoms with Crippen molar-refractivity contribution < 1.29 is 17.6 Å². The number of furan rings is 1. The average molecular weight is 362 g/mol. The van der Waals surface area contributed by atoms with E-state index in [4.69, 9.17) is 4.42 Å². The second-order valence-corrected chi connectivity index (χ2v) is 5.43. The third kappa shape index (κ3) is 4.11. The molecule has 1 aromatic carbocycles. The number of nitrogens with one attached hydrogen (secondary N) is 1. The van der Waals surface area contributed by atoms with E-state index in [1.54, 1.807) is 12.1 Å². The molecule has 0 aliphatic heterocycles. The van der Waals surface area contributed by atoms with Crippen LogP contribution in [0, 0.1) is 0 Å². The van der Waals surface area contributed by atoms with E-state index in [2.05, 4.69) is 21.2 Å². The zero-order valence-corrected chi connectivity index (χ0v) is 13.0. The monoisotopic (exact) mass is 361 g/mol. The fraction of sp³-hybridized carbons (Fsp3) is 0.333. The van der Waals surface area contributed by atoms with E-state index in [1.165, 1.54) is 12.1 Å². The Labute approximate surface area is 129 Å². The lowest BCUT2D eigenvalue weighted by Crippen LogP contribution is -2.22. The Balaban J connectivity index is 2.28. The minimum Gasteiger partial charge on any atom is -0.452 e. The van der Waals surface area contributed by atoms with E-state index >= 15 is 0 Å². The van der Waals surface area contributed by atoms with Gasteiger partial charge in [-0.25, -0.2) is 0 Å². The van der Waals surface area contributed by atoms with Crippen LogP contribution in [0.4, 0.5) is 13.2 Å². The summed E-state index contributed by atoms with van der Waals surface area (Å²) < 4.78 is 43.9. The first-order valence-electron chi connectivity index (χ1n) is 6.57. The van der Waals surface area contributed by atoms with Crippen LogP contribution in [0.2, 0.25) is 0 Å². The lowest BCUT2D eigenvalue weighted by atomic mass is 10.0. The van der Waals surface area contributed by atoms with Gasteiger partial charge >= 0.3 is 6.18 Å². The Kier molecular flexibility index (Phi) is 5.11. The maximum Gasteiger partial charge on any atom is 0.416 e. The first kappa shape index (κ1) is 16.1. The maximum atomic E-state index is 12.6. The van der Waals surface area contributed by atoms with Gasteiger partial charge in [-0.1, -0.05) is 19.1 Å². The SMILES string of the molecule is CCCNC(c1ccc(C(F)(F)F)cc1)c1ccc(Br)o1. The zero-order valence-electron chi connectivity index (χ0n) is 11.4. The number of halogens is 4. The van der Waals surface area contributed by atoms with Gasteiger partial charge in [0.25, 0.3) is 0 Å². The quantitative estimate of drug-likeness (QED) is 0.796. The first-order chi connectivity index (χ1) is 9.91. The van der Waals surface area contributed by atoms with Gasteiger partial charge in [0.1, 0.15) is 5.76 Å². The molecule has 1 heterocycles. The highest BCUT2D eigenvalue weighted by Crippen LogP contribution is 2.31. The Bertz CT molecular complexity index is 577. The molecule has 21 heavy (non-hydrogen) atoms. The molecule has 2 nitrogen and oxygen atoms in total. The van der Waals surface area contributed by atoms with E-state index in [1.807, 2.05) is 6.92 Å². The van der Waals surface area contributed by atoms with Gasteiger partial charge in [0, 0.05) is 0 Å². The van der Waals surface area contributed by atoms with Gasteiger partial charge in [-0.2, -0.15) is 13.2 Å². The maximum absolute atomic E-state index is 12.6.